The molecule has 1 unspecified atom stereocenters. The summed E-state index contributed by atoms with van der Waals surface area (Å²) in [5.74, 6) is 1.21. The first-order valence-corrected chi connectivity index (χ1v) is 37.0. The molecule has 0 aliphatic carbocycles. The van der Waals surface area contributed by atoms with E-state index in [1.165, 1.54) is 24.3 Å². The van der Waals surface area contributed by atoms with Crippen molar-refractivity contribution >= 4 is 86.4 Å². The average molecular weight is 1350 g/mol. The van der Waals surface area contributed by atoms with Gasteiger partial charge in [-0.25, -0.2) is 0 Å². The number of unbranched alkanes of at least 4 members (excludes halogenated alkanes) is 8. The number of aromatic nitrogens is 3. The summed E-state index contributed by atoms with van der Waals surface area (Å²) >= 11 is 6.27. The second kappa shape index (κ2) is 29.6. The molecule has 4 aromatic carbocycles. The maximum Gasteiger partial charge on any atom is 0.294 e. The number of rotatable bonds is 33. The van der Waals surface area contributed by atoms with E-state index in [1.807, 2.05) is 84.2 Å². The van der Waals surface area contributed by atoms with Gasteiger partial charge < -0.3 is 9.64 Å². The number of fused-ring (bicyclic) bond motifs is 5. The Morgan fingerprint density at radius 3 is 1.89 bits per heavy atom. The smallest absolute Gasteiger partial charge is 0.294 e. The van der Waals surface area contributed by atoms with E-state index < -0.39 is 68.9 Å². The summed E-state index contributed by atoms with van der Waals surface area (Å²) in [6.45, 7) is 8.22. The van der Waals surface area contributed by atoms with Crippen LogP contribution >= 0.6 is 11.6 Å². The fourth-order valence-electron chi connectivity index (χ4n) is 12.5. The van der Waals surface area contributed by atoms with Crippen molar-refractivity contribution in [3.63, 3.8) is 0 Å². The summed E-state index contributed by atoms with van der Waals surface area (Å²) in [4.78, 5) is 33.4. The van der Waals surface area contributed by atoms with Gasteiger partial charge in [-0.05, 0) is 145 Å². The molecule has 91 heavy (non-hydrogen) atoms. The summed E-state index contributed by atoms with van der Waals surface area (Å²) < 4.78 is 145. The number of nitrogens with zero attached hydrogens (tertiary/aromatic N) is 6. The van der Waals surface area contributed by atoms with Gasteiger partial charge in [-0.2, -0.15) is 38.2 Å². The summed E-state index contributed by atoms with van der Waals surface area (Å²) in [7, 11) is -16.0. The highest BCUT2D eigenvalue weighted by Gasteiger charge is 2.46. The van der Waals surface area contributed by atoms with E-state index in [2.05, 4.69) is 10.2 Å². The van der Waals surface area contributed by atoms with Crippen LogP contribution in [0.1, 0.15) is 170 Å². The maximum atomic E-state index is 13.6. The molecule has 0 fully saturated rings. The molecule has 490 valence electrons. The van der Waals surface area contributed by atoms with E-state index >= 15 is 0 Å². The number of hydrogen-bond acceptors (Lipinski definition) is 15. The number of benzene rings is 4. The number of Topliss-reactive ketones (excluding diaryl/α,β-unsaturated/α-hetero) is 2. The standard InChI is InChI=1S/C65H79ClN6O15S4/c1-45-68-69-63-56(67-62(46-26-28-47(66)29-27-46)53-42-50(87-5)30-33-57(53)72(45)63)41-49(74)23-12-8-6-7-11-21-48(73)22-13-10-16-36-65(4)55-44-52(91(84,85)86)32-35-59(55)71(38-18-20-40-89(78,79)80)61(65)25-15-9-14-24-60-64(2,3)54-43-51(90(81,82)83)31-34-58(54)70(60)37-17-19-39-88(75,76)77/h9,14-15,24-35,42-44,56H,6-8,10-13,16-23,36-41H2,1-5H3,(H3-,75,76,77,78,79,80,81,82,83,84,85,86)/p+1/t56-,65?/m0/s1. The van der Waals surface area contributed by atoms with Gasteiger partial charge in [-0.1, -0.05) is 74.1 Å². The van der Waals surface area contributed by atoms with Crippen molar-refractivity contribution in [2.24, 2.45) is 4.99 Å². The van der Waals surface area contributed by atoms with Gasteiger partial charge >= 0.3 is 0 Å². The van der Waals surface area contributed by atoms with Crippen LogP contribution in [-0.2, 0) is 60.9 Å². The molecule has 2 atom stereocenters. The van der Waals surface area contributed by atoms with E-state index in [-0.39, 0.29) is 47.2 Å². The molecule has 5 aromatic rings. The minimum Gasteiger partial charge on any atom is -0.497 e. The Morgan fingerprint density at radius 1 is 0.659 bits per heavy atom. The monoisotopic (exact) mass is 1350 g/mol. The lowest BCUT2D eigenvalue weighted by Crippen LogP contribution is -2.29. The third kappa shape index (κ3) is 17.8. The molecule has 1 aromatic heterocycles. The van der Waals surface area contributed by atoms with Crippen LogP contribution in [0.3, 0.4) is 0 Å². The van der Waals surface area contributed by atoms with Crippen molar-refractivity contribution in [2.75, 3.05) is 36.6 Å². The van der Waals surface area contributed by atoms with E-state index in [9.17, 15) is 61.5 Å². The van der Waals surface area contributed by atoms with Gasteiger partial charge in [-0.15, -0.1) is 10.2 Å². The minimum atomic E-state index is -4.63. The van der Waals surface area contributed by atoms with Gasteiger partial charge in [0.05, 0.1) is 45.2 Å². The zero-order valence-electron chi connectivity index (χ0n) is 51.8. The van der Waals surface area contributed by atoms with Crippen LogP contribution < -0.4 is 9.64 Å². The highest BCUT2D eigenvalue weighted by molar-refractivity contribution is 7.86. The second-order valence-corrected chi connectivity index (χ2v) is 30.6. The van der Waals surface area contributed by atoms with Gasteiger partial charge in [-0.3, -0.25) is 37.4 Å². The van der Waals surface area contributed by atoms with Crippen LogP contribution in [-0.4, -0.2) is 126 Å². The number of halogens is 1. The topological polar surface area (TPSA) is 310 Å². The molecular weight excluding hydrogens is 1270 g/mol. The Balaban J connectivity index is 0.886. The van der Waals surface area contributed by atoms with Crippen molar-refractivity contribution in [1.82, 2.24) is 14.8 Å². The van der Waals surface area contributed by atoms with Gasteiger partial charge in [0, 0.05) is 89.3 Å². The minimum absolute atomic E-state index is 0.0602. The number of ketones is 2. The molecule has 3 aliphatic heterocycles. The fourth-order valence-corrected chi connectivity index (χ4v) is 14.8. The normalized spacial score (nSPS) is 17.8. The summed E-state index contributed by atoms with van der Waals surface area (Å²) in [5, 5.41) is 9.47. The lowest BCUT2D eigenvalue weighted by Gasteiger charge is -2.30. The predicted molar refractivity (Wildman–Crippen MR) is 350 cm³/mol. The Bertz CT molecular complexity index is 4180. The Kier molecular flexibility index (Phi) is 22.9. The molecule has 0 saturated heterocycles. The molecule has 4 heterocycles. The first kappa shape index (κ1) is 70.3. The van der Waals surface area contributed by atoms with Crippen LogP contribution in [0.25, 0.3) is 5.69 Å². The Labute approximate surface area is 539 Å². The zero-order valence-corrected chi connectivity index (χ0v) is 55.8. The van der Waals surface area contributed by atoms with Crippen molar-refractivity contribution in [2.45, 2.75) is 164 Å². The quantitative estimate of drug-likeness (QED) is 0.0131. The average Bonchev–Trinajstić information content (AvgIpc) is 1.61. The number of aliphatic imine (C=N–C) groups is 1. The summed E-state index contributed by atoms with van der Waals surface area (Å²) in [6.07, 6.45) is 17.7. The van der Waals surface area contributed by atoms with E-state index in [4.69, 9.17) is 21.3 Å². The number of anilines is 1. The third-order valence-corrected chi connectivity index (χ3v) is 20.7. The van der Waals surface area contributed by atoms with Crippen LogP contribution in [0.4, 0.5) is 11.4 Å². The molecule has 21 nitrogen and oxygen atoms in total. The highest BCUT2D eigenvalue weighted by atomic mass is 35.5. The number of aryl methyl sites for hydroxylation is 1. The van der Waals surface area contributed by atoms with E-state index in [1.54, 1.807) is 49.6 Å². The predicted octanol–water partition coefficient (Wildman–Crippen LogP) is 12.0. The van der Waals surface area contributed by atoms with Crippen molar-refractivity contribution in [3.8, 4) is 11.4 Å². The molecule has 0 radical (unpaired) electrons. The van der Waals surface area contributed by atoms with Crippen LogP contribution in [0.15, 0.2) is 130 Å². The number of allylic oxidation sites excluding steroid dienone is 6. The van der Waals surface area contributed by atoms with Crippen molar-refractivity contribution in [3.05, 3.63) is 154 Å². The van der Waals surface area contributed by atoms with Gasteiger partial charge in [0.2, 0.25) is 5.69 Å². The molecule has 0 bridgehead atoms. The molecule has 0 amide bonds. The first-order chi connectivity index (χ1) is 42.9. The lowest BCUT2D eigenvalue weighted by atomic mass is 9.77. The first-order valence-electron chi connectivity index (χ1n) is 30.5. The Morgan fingerprint density at radius 2 is 1.25 bits per heavy atom. The number of methoxy groups -OCH3 is 1. The largest absolute Gasteiger partial charge is 0.497 e. The number of ether oxygens (including phenoxy) is 1. The third-order valence-electron chi connectivity index (χ3n) is 17.2. The molecule has 4 N–H and O–H groups in total. The Hall–Kier alpha value is -6.55. The molecule has 8 rings (SSSR count). The maximum absolute atomic E-state index is 13.6. The molecule has 3 aliphatic rings. The number of hydrogen-bond donors (Lipinski definition) is 4. The van der Waals surface area contributed by atoms with Crippen molar-refractivity contribution in [1.29, 1.82) is 0 Å². The summed E-state index contributed by atoms with van der Waals surface area (Å²) in [6, 6.07) is 21.2. The molecule has 0 spiro atoms. The molecular formula is C65H80ClN6O15S4+. The van der Waals surface area contributed by atoms with Gasteiger partial charge in [0.25, 0.3) is 40.5 Å². The summed E-state index contributed by atoms with van der Waals surface area (Å²) in [5.41, 5.74) is 5.52. The fraction of sp³-hybridized carbons (Fsp3) is 0.446. The highest BCUT2D eigenvalue weighted by Crippen LogP contribution is 2.52. The van der Waals surface area contributed by atoms with Gasteiger partial charge in [0.1, 0.15) is 35.7 Å². The van der Waals surface area contributed by atoms with Crippen LogP contribution in [0.2, 0.25) is 5.02 Å². The van der Waals surface area contributed by atoms with Crippen LogP contribution in [0, 0.1) is 6.92 Å². The van der Waals surface area contributed by atoms with E-state index in [0.29, 0.717) is 121 Å². The zero-order chi connectivity index (χ0) is 66.1. The lowest BCUT2D eigenvalue weighted by molar-refractivity contribution is -0.438. The molecule has 0 saturated carbocycles. The van der Waals surface area contributed by atoms with Crippen LogP contribution in [0.5, 0.6) is 5.75 Å². The number of carbonyl (C=O) groups excluding carboxylic acids is 2. The number of carbonyl (C=O) groups is 2. The van der Waals surface area contributed by atoms with Crippen molar-refractivity contribution < 1.29 is 70.8 Å². The van der Waals surface area contributed by atoms with E-state index in [0.717, 1.165) is 53.9 Å². The SMILES string of the molecule is COc1ccc2c(c1)C(c1ccc(Cl)cc1)=N[C@@H](CC(=O)CCCCCCCC(=O)CCCCCC1(C)/C(=C/C=C/C=C/C3=[N+](CCCCS(=O)(=O)O)c4ccc(S(=O)(=O)O)cc4C3(C)C)N(CCCCS(=O)(=O)O)c3ccc(S(=O)(=O)O)cc31)c1nnc(C)n1-2. The second-order valence-electron chi connectivity index (χ2n) is 24.2. The van der Waals surface area contributed by atoms with Gasteiger partial charge in [0.15, 0.2) is 11.5 Å². The molecule has 26 heteroatoms.